The van der Waals surface area contributed by atoms with Crippen LogP contribution in [0.1, 0.15) is 23.1 Å². The Bertz CT molecular complexity index is 2880. The minimum Gasteiger partial charge on any atom is -0.453 e. The average Bonchev–Trinajstić information content (AvgIpc) is 3.17. The topological polar surface area (TPSA) is 197 Å². The number of anilines is 2. The van der Waals surface area contributed by atoms with Crippen LogP contribution in [0, 0.1) is 17.5 Å². The van der Waals surface area contributed by atoms with E-state index in [4.69, 9.17) is 43.0 Å². The summed E-state index contributed by atoms with van der Waals surface area (Å²) >= 11 is 11.7. The van der Waals surface area contributed by atoms with Crippen molar-refractivity contribution < 1.29 is 57.9 Å². The Balaban J connectivity index is 0.000000235. The van der Waals surface area contributed by atoms with Crippen molar-refractivity contribution in [1.82, 2.24) is 0 Å². The van der Waals surface area contributed by atoms with Crippen LogP contribution in [0.4, 0.5) is 33.3 Å². The maximum Gasteiger partial charge on any atom is 0.264 e. The minimum absolute atomic E-state index is 0.0571. The molecule has 0 atom stereocenters. The highest BCUT2D eigenvalue weighted by atomic mass is 35.5. The van der Waals surface area contributed by atoms with Gasteiger partial charge >= 0.3 is 0 Å². The van der Waals surface area contributed by atoms with Gasteiger partial charge in [-0.15, -0.1) is 0 Å². The maximum absolute atomic E-state index is 14.7. The van der Waals surface area contributed by atoms with Crippen LogP contribution in [0.15, 0.2) is 131 Å². The summed E-state index contributed by atoms with van der Waals surface area (Å²) < 4.78 is 128. The van der Waals surface area contributed by atoms with Crippen LogP contribution in [0.5, 0.6) is 23.0 Å². The summed E-state index contributed by atoms with van der Waals surface area (Å²) in [5, 5.41) is 15.6. The number of amides is 2. The first-order valence-corrected chi connectivity index (χ1v) is 21.3. The number of hydrogen-bond acceptors (Lipinski definition) is 8. The molecule has 62 heavy (non-hydrogen) atoms. The number of nitrogens with two attached hydrogens (primary N) is 2. The fourth-order valence-electron chi connectivity index (χ4n) is 5.50. The van der Waals surface area contributed by atoms with Gasteiger partial charge in [-0.3, -0.25) is 9.59 Å². The van der Waals surface area contributed by atoms with Crippen LogP contribution in [-0.2, 0) is 42.5 Å². The Morgan fingerprint density at radius 1 is 0.565 bits per heavy atom. The number of rotatable bonds is 13. The van der Waals surface area contributed by atoms with E-state index in [1.807, 2.05) is 0 Å². The Morgan fingerprint density at radius 3 is 1.40 bits per heavy atom. The Labute approximate surface area is 361 Å². The first kappa shape index (κ1) is 47.0. The number of benzene rings is 6. The average molecular weight is 938 g/mol. The van der Waals surface area contributed by atoms with Crippen LogP contribution in [0.2, 0.25) is 10.0 Å². The molecule has 0 saturated carbocycles. The van der Waals surface area contributed by atoms with Gasteiger partial charge in [0.25, 0.3) is 6.43 Å². The van der Waals surface area contributed by atoms with Crippen LogP contribution < -0.4 is 30.4 Å². The number of nitrogens with one attached hydrogen (secondary N) is 2. The van der Waals surface area contributed by atoms with Crippen LogP contribution in [0.3, 0.4) is 0 Å². The van der Waals surface area contributed by atoms with E-state index >= 15 is 0 Å². The molecule has 0 aliphatic carbocycles. The second-order valence-corrected chi connectivity index (χ2v) is 16.8. The molecular weight excluding hydrogens is 907 g/mol. The molecule has 2 amide bonds. The van der Waals surface area contributed by atoms with Gasteiger partial charge in [0, 0.05) is 39.1 Å². The highest BCUT2D eigenvalue weighted by Crippen LogP contribution is 2.36. The summed E-state index contributed by atoms with van der Waals surface area (Å²) in [4.78, 5) is 23.1. The largest absolute Gasteiger partial charge is 0.453 e. The summed E-state index contributed by atoms with van der Waals surface area (Å²) in [6, 6.07) is 26.4. The lowest BCUT2D eigenvalue weighted by Crippen LogP contribution is -2.18. The van der Waals surface area contributed by atoms with E-state index in [2.05, 4.69) is 10.6 Å². The summed E-state index contributed by atoms with van der Waals surface area (Å²) in [7, 11) is -8.89. The number of ether oxygens (including phenoxy) is 2. The third-order valence-electron chi connectivity index (χ3n) is 8.18. The molecule has 0 aliphatic heterocycles. The zero-order valence-electron chi connectivity index (χ0n) is 31.4. The van der Waals surface area contributed by atoms with Gasteiger partial charge in [-0.25, -0.2) is 49.1 Å². The highest BCUT2D eigenvalue weighted by Gasteiger charge is 2.25. The number of carbonyl (C=O) groups excluding carboxylic acids is 2. The van der Waals surface area contributed by atoms with E-state index < -0.39 is 83.4 Å². The number of halogens is 7. The molecule has 324 valence electrons. The van der Waals surface area contributed by atoms with Gasteiger partial charge in [-0.2, -0.15) is 0 Å². The second kappa shape index (κ2) is 20.2. The normalized spacial score (nSPS) is 11.3. The lowest BCUT2D eigenvalue weighted by molar-refractivity contribution is -0.116. The van der Waals surface area contributed by atoms with Crippen molar-refractivity contribution in [2.24, 2.45) is 10.3 Å². The van der Waals surface area contributed by atoms with E-state index in [9.17, 15) is 48.4 Å². The number of sulfonamides is 2. The quantitative estimate of drug-likeness (QED) is 0.0822. The smallest absolute Gasteiger partial charge is 0.264 e. The molecule has 0 unspecified atom stereocenters. The summed E-state index contributed by atoms with van der Waals surface area (Å²) in [5.74, 6) is -5.41. The Kier molecular flexibility index (Phi) is 15.3. The third kappa shape index (κ3) is 13.0. The number of hydrogen-bond donors (Lipinski definition) is 4. The van der Waals surface area contributed by atoms with E-state index in [0.717, 1.165) is 24.3 Å². The third-order valence-corrected chi connectivity index (χ3v) is 10.5. The zero-order valence-corrected chi connectivity index (χ0v) is 34.6. The van der Waals surface area contributed by atoms with Crippen molar-refractivity contribution >= 4 is 66.4 Å². The Morgan fingerprint density at radius 2 is 0.984 bits per heavy atom. The van der Waals surface area contributed by atoms with Crippen LogP contribution >= 0.6 is 23.2 Å². The molecule has 6 aromatic carbocycles. The fraction of sp³-hybridized carbons (Fsp3) is 0.0732. The predicted molar refractivity (Wildman–Crippen MR) is 221 cm³/mol. The Hall–Kier alpha value is -6.09. The highest BCUT2D eigenvalue weighted by molar-refractivity contribution is 7.89. The standard InChI is InChI=1S/C21H16ClF3N2O4S.C20H15ClF2N2O4S/c22-13-5-3-6-15(9-13)31-20-17(23)10-14(11-18(20)32(26,29)30)27-19(28)8-12-4-1-2-7-16(12)21(24)25;21-13-5-3-6-15(9-13)29-20-17(23)10-14(11-18(20)30(24,27)28)25-19(26)8-12-4-1-2-7-16(12)22/h1-7,9-11,21H,8H2,(H,27,28)(H2,26,29,30);1-7,9-11H,8H2,(H,25,26)(H2,24,27,28). The van der Waals surface area contributed by atoms with Gasteiger partial charge in [0.1, 0.15) is 27.1 Å². The second-order valence-electron chi connectivity index (χ2n) is 12.8. The van der Waals surface area contributed by atoms with E-state index in [0.29, 0.717) is 5.02 Å². The molecule has 0 fully saturated rings. The number of alkyl halides is 2. The molecule has 6 rings (SSSR count). The van der Waals surface area contributed by atoms with Crippen molar-refractivity contribution in [2.75, 3.05) is 10.6 Å². The fourth-order valence-corrected chi connectivity index (χ4v) is 7.24. The first-order valence-electron chi connectivity index (χ1n) is 17.5. The van der Waals surface area contributed by atoms with Gasteiger partial charge in [-0.05, 0) is 65.7 Å². The minimum atomic E-state index is -4.47. The summed E-state index contributed by atoms with van der Waals surface area (Å²) in [5.41, 5.74) is -0.541. The zero-order chi connectivity index (χ0) is 45.4. The molecular formula is C41H31Cl2F5N4O8S2. The predicted octanol–water partition coefficient (Wildman–Crippen LogP) is 9.28. The van der Waals surface area contributed by atoms with Crippen molar-refractivity contribution in [3.05, 3.63) is 166 Å². The molecule has 0 bridgehead atoms. The maximum atomic E-state index is 14.7. The van der Waals surface area contributed by atoms with Crippen molar-refractivity contribution in [1.29, 1.82) is 0 Å². The number of primary sulfonamides is 2. The summed E-state index contributed by atoms with van der Waals surface area (Å²) in [6.45, 7) is 0. The lowest BCUT2D eigenvalue weighted by atomic mass is 10.0. The van der Waals surface area contributed by atoms with Gasteiger partial charge in [-0.1, -0.05) is 77.8 Å². The van der Waals surface area contributed by atoms with E-state index in [1.54, 1.807) is 12.1 Å². The molecule has 21 heteroatoms. The molecule has 6 aromatic rings. The van der Waals surface area contributed by atoms with Crippen molar-refractivity contribution in [3.8, 4) is 23.0 Å². The number of carbonyl (C=O) groups is 2. The SMILES string of the molecule is NS(=O)(=O)c1cc(NC(=O)Cc2ccccc2C(F)F)cc(F)c1Oc1cccc(Cl)c1.NS(=O)(=O)c1cc(NC(=O)Cc2ccccc2F)cc(F)c1Oc1cccc(Cl)c1. The van der Waals surface area contributed by atoms with Crippen molar-refractivity contribution in [2.45, 2.75) is 29.1 Å². The lowest BCUT2D eigenvalue weighted by Gasteiger charge is -2.14. The first-order chi connectivity index (χ1) is 29.2. The molecule has 0 aromatic heterocycles. The van der Waals surface area contributed by atoms with E-state index in [-0.39, 0.29) is 51.0 Å². The van der Waals surface area contributed by atoms with Gasteiger partial charge in [0.05, 0.1) is 12.8 Å². The van der Waals surface area contributed by atoms with Gasteiger partial charge in [0.2, 0.25) is 31.9 Å². The molecule has 0 spiro atoms. The molecule has 0 heterocycles. The van der Waals surface area contributed by atoms with E-state index in [1.165, 1.54) is 84.9 Å². The van der Waals surface area contributed by atoms with Gasteiger partial charge in [0.15, 0.2) is 23.1 Å². The van der Waals surface area contributed by atoms with Crippen molar-refractivity contribution in [3.63, 3.8) is 0 Å². The van der Waals surface area contributed by atoms with Gasteiger partial charge < -0.3 is 20.1 Å². The van der Waals surface area contributed by atoms with Crippen LogP contribution in [0.25, 0.3) is 0 Å². The molecule has 0 aliphatic rings. The molecule has 6 N–H and O–H groups in total. The van der Waals surface area contributed by atoms with Crippen LogP contribution in [-0.4, -0.2) is 28.6 Å². The monoisotopic (exact) mass is 936 g/mol. The molecule has 0 saturated heterocycles. The molecule has 0 radical (unpaired) electrons. The summed E-state index contributed by atoms with van der Waals surface area (Å²) in [6.07, 6.45) is -3.55. The molecule has 12 nitrogen and oxygen atoms in total.